The molecule has 1 aromatic carbocycles. The van der Waals surface area contributed by atoms with E-state index in [0.29, 0.717) is 5.02 Å². The summed E-state index contributed by atoms with van der Waals surface area (Å²) in [4.78, 5) is 0. The van der Waals surface area contributed by atoms with Crippen LogP contribution in [0, 0.1) is 0 Å². The number of benzene rings is 1. The first-order valence-electron chi connectivity index (χ1n) is 5.86. The molecule has 0 unspecified atom stereocenters. The van der Waals surface area contributed by atoms with Gasteiger partial charge in [0.2, 0.25) is 6.29 Å². The Morgan fingerprint density at radius 2 is 1.80 bits per heavy atom. The molecule has 0 aromatic heterocycles. The average Bonchev–Trinajstić information content (AvgIpc) is 2.42. The molecule has 2 rings (SSSR count). The summed E-state index contributed by atoms with van der Waals surface area (Å²) in [5, 5.41) is 38.8. The first kappa shape index (κ1) is 15.8. The van der Waals surface area contributed by atoms with E-state index in [0.717, 1.165) is 0 Å². The fourth-order valence-electron chi connectivity index (χ4n) is 1.86. The molecule has 0 bridgehead atoms. The predicted molar refractivity (Wildman–Crippen MR) is 70.9 cm³/mol. The summed E-state index contributed by atoms with van der Waals surface area (Å²) in [5.41, 5.74) is 0. The first-order chi connectivity index (χ1) is 9.43. The van der Waals surface area contributed by atoms with Crippen LogP contribution in [0.15, 0.2) is 18.2 Å². The lowest BCUT2D eigenvalue weighted by Gasteiger charge is -2.39. The second-order valence-electron chi connectivity index (χ2n) is 4.39. The fourth-order valence-corrected chi connectivity index (χ4v) is 2.31. The molecule has 5 atom stereocenters. The first-order valence-corrected chi connectivity index (χ1v) is 6.62. The lowest BCUT2D eigenvalue weighted by atomic mass is 9.99. The smallest absolute Gasteiger partial charge is 0.229 e. The van der Waals surface area contributed by atoms with Crippen LogP contribution in [0.3, 0.4) is 0 Å². The highest BCUT2D eigenvalue weighted by Crippen LogP contribution is 2.31. The van der Waals surface area contributed by atoms with Crippen LogP contribution in [0.5, 0.6) is 5.75 Å². The predicted octanol–water partition coefficient (Wildman–Crippen LogP) is 0.172. The summed E-state index contributed by atoms with van der Waals surface area (Å²) in [5.74, 6) is 0.195. The van der Waals surface area contributed by atoms with Crippen molar-refractivity contribution < 1.29 is 29.9 Å². The molecule has 0 amide bonds. The largest absolute Gasteiger partial charge is 0.460 e. The standard InChI is InChI=1S/C12H14Cl2O6/c13-5-1-2-7(6(14)3-5)19-12-11(18)10(17)9(16)8(4-15)20-12/h1-3,8-12,15-18H,4H2/t8-,9+,10-,11-,12+/m0/s1. The van der Waals surface area contributed by atoms with Crippen molar-refractivity contribution in [3.63, 3.8) is 0 Å². The van der Waals surface area contributed by atoms with E-state index in [2.05, 4.69) is 0 Å². The van der Waals surface area contributed by atoms with Crippen molar-refractivity contribution in [2.24, 2.45) is 0 Å². The molecule has 1 aliphatic heterocycles. The van der Waals surface area contributed by atoms with Crippen LogP contribution in [0.1, 0.15) is 0 Å². The van der Waals surface area contributed by atoms with Crippen LogP contribution >= 0.6 is 23.2 Å². The van der Waals surface area contributed by atoms with E-state index in [-0.39, 0.29) is 10.8 Å². The van der Waals surface area contributed by atoms with Gasteiger partial charge in [-0.2, -0.15) is 0 Å². The van der Waals surface area contributed by atoms with Crippen molar-refractivity contribution in [1.29, 1.82) is 0 Å². The van der Waals surface area contributed by atoms with Gasteiger partial charge in [-0.3, -0.25) is 0 Å². The van der Waals surface area contributed by atoms with Crippen molar-refractivity contribution in [3.05, 3.63) is 28.2 Å². The maximum Gasteiger partial charge on any atom is 0.229 e. The molecule has 112 valence electrons. The summed E-state index contributed by atoms with van der Waals surface area (Å²) in [6.07, 6.45) is -6.74. The maximum atomic E-state index is 9.82. The van der Waals surface area contributed by atoms with E-state index in [4.69, 9.17) is 37.8 Å². The van der Waals surface area contributed by atoms with Crippen molar-refractivity contribution >= 4 is 23.2 Å². The van der Waals surface area contributed by atoms with E-state index < -0.39 is 37.3 Å². The zero-order valence-electron chi connectivity index (χ0n) is 10.2. The molecule has 0 aliphatic carbocycles. The highest BCUT2D eigenvalue weighted by Gasteiger charge is 2.44. The summed E-state index contributed by atoms with van der Waals surface area (Å²) in [6, 6.07) is 4.46. The Labute approximate surface area is 125 Å². The number of aliphatic hydroxyl groups excluding tert-OH is 4. The van der Waals surface area contributed by atoms with Gasteiger partial charge in [0.15, 0.2) is 0 Å². The van der Waals surface area contributed by atoms with Crippen LogP contribution in [0.25, 0.3) is 0 Å². The summed E-state index contributed by atoms with van der Waals surface area (Å²) < 4.78 is 10.6. The van der Waals surface area contributed by atoms with Crippen LogP contribution in [-0.2, 0) is 4.74 Å². The van der Waals surface area contributed by atoms with Gasteiger partial charge in [-0.15, -0.1) is 0 Å². The highest BCUT2D eigenvalue weighted by molar-refractivity contribution is 6.35. The molecule has 4 N–H and O–H groups in total. The summed E-state index contributed by atoms with van der Waals surface area (Å²) in [7, 11) is 0. The molecule has 8 heteroatoms. The number of ether oxygens (including phenoxy) is 2. The van der Waals surface area contributed by atoms with E-state index in [1.165, 1.54) is 18.2 Å². The number of rotatable bonds is 3. The third kappa shape index (κ3) is 3.17. The number of halogens is 2. The third-order valence-electron chi connectivity index (χ3n) is 2.99. The Kier molecular flexibility index (Phi) is 5.09. The minimum absolute atomic E-state index is 0.195. The Morgan fingerprint density at radius 1 is 1.10 bits per heavy atom. The topological polar surface area (TPSA) is 99.4 Å². The number of hydrogen-bond acceptors (Lipinski definition) is 6. The van der Waals surface area contributed by atoms with Crippen molar-refractivity contribution in [2.75, 3.05) is 6.61 Å². The van der Waals surface area contributed by atoms with E-state index in [1.54, 1.807) is 0 Å². The van der Waals surface area contributed by atoms with Crippen LogP contribution in [-0.4, -0.2) is 57.7 Å². The number of aliphatic hydroxyl groups is 4. The molecular formula is C12H14Cl2O6. The van der Waals surface area contributed by atoms with Gasteiger partial charge in [-0.25, -0.2) is 0 Å². The van der Waals surface area contributed by atoms with E-state index in [9.17, 15) is 15.3 Å². The zero-order chi connectivity index (χ0) is 14.9. The second kappa shape index (κ2) is 6.44. The Morgan fingerprint density at radius 3 is 2.40 bits per heavy atom. The normalized spacial score (nSPS) is 34.0. The van der Waals surface area contributed by atoms with Gasteiger partial charge >= 0.3 is 0 Å². The quantitative estimate of drug-likeness (QED) is 0.632. The molecule has 0 spiro atoms. The zero-order valence-corrected chi connectivity index (χ0v) is 11.7. The molecule has 1 aromatic rings. The molecular weight excluding hydrogens is 311 g/mol. The maximum absolute atomic E-state index is 9.82. The van der Waals surface area contributed by atoms with Gasteiger partial charge in [0.1, 0.15) is 30.2 Å². The second-order valence-corrected chi connectivity index (χ2v) is 5.23. The van der Waals surface area contributed by atoms with Crippen LogP contribution in [0.2, 0.25) is 10.0 Å². The van der Waals surface area contributed by atoms with Crippen molar-refractivity contribution in [1.82, 2.24) is 0 Å². The lowest BCUT2D eigenvalue weighted by molar-refractivity contribution is -0.277. The molecule has 20 heavy (non-hydrogen) atoms. The van der Waals surface area contributed by atoms with E-state index in [1.807, 2.05) is 0 Å². The molecule has 1 saturated heterocycles. The lowest BCUT2D eigenvalue weighted by Crippen LogP contribution is -2.60. The molecule has 0 saturated carbocycles. The van der Waals surface area contributed by atoms with Crippen molar-refractivity contribution in [3.8, 4) is 5.75 Å². The molecule has 6 nitrogen and oxygen atoms in total. The average molecular weight is 325 g/mol. The van der Waals surface area contributed by atoms with Crippen molar-refractivity contribution in [2.45, 2.75) is 30.7 Å². The molecule has 0 radical (unpaired) electrons. The van der Waals surface area contributed by atoms with Crippen LogP contribution < -0.4 is 4.74 Å². The minimum atomic E-state index is -1.50. The molecule has 1 heterocycles. The van der Waals surface area contributed by atoms with Crippen LogP contribution in [0.4, 0.5) is 0 Å². The fraction of sp³-hybridized carbons (Fsp3) is 0.500. The van der Waals surface area contributed by atoms with Gasteiger partial charge in [0.25, 0.3) is 0 Å². The van der Waals surface area contributed by atoms with Gasteiger partial charge in [0, 0.05) is 5.02 Å². The summed E-state index contributed by atoms with van der Waals surface area (Å²) in [6.45, 7) is -0.529. The molecule has 1 fully saturated rings. The van der Waals surface area contributed by atoms with Gasteiger partial charge in [-0.05, 0) is 18.2 Å². The summed E-state index contributed by atoms with van der Waals surface area (Å²) >= 11 is 11.7. The Bertz CT molecular complexity index is 469. The molecule has 1 aliphatic rings. The van der Waals surface area contributed by atoms with E-state index >= 15 is 0 Å². The Balaban J connectivity index is 2.15. The monoisotopic (exact) mass is 324 g/mol. The number of hydrogen-bond donors (Lipinski definition) is 4. The van der Waals surface area contributed by atoms with Gasteiger partial charge < -0.3 is 29.9 Å². The SMILES string of the molecule is OC[C@@H]1O[C@@H](Oc2ccc(Cl)cc2Cl)[C@@H](O)[C@@H](O)[C@@H]1O. The van der Waals surface area contributed by atoms with Gasteiger partial charge in [0.05, 0.1) is 11.6 Å². The minimum Gasteiger partial charge on any atom is -0.460 e. The Hall–Kier alpha value is -0.600. The van der Waals surface area contributed by atoms with Gasteiger partial charge in [-0.1, -0.05) is 23.2 Å². The third-order valence-corrected chi connectivity index (χ3v) is 3.52. The highest BCUT2D eigenvalue weighted by atomic mass is 35.5.